The highest BCUT2D eigenvalue weighted by atomic mass is 79.9. The zero-order valence-corrected chi connectivity index (χ0v) is 16.4. The fourth-order valence-corrected chi connectivity index (χ4v) is 3.73. The quantitative estimate of drug-likeness (QED) is 0.327. The third kappa shape index (κ3) is 3.08. The summed E-state index contributed by atoms with van der Waals surface area (Å²) >= 11 is 6.78. The van der Waals surface area contributed by atoms with Gasteiger partial charge in [0.05, 0.1) is 4.47 Å². The molecule has 0 saturated heterocycles. The maximum absolute atomic E-state index is 12.5. The van der Waals surface area contributed by atoms with E-state index in [2.05, 4.69) is 36.8 Å². The number of rotatable bonds is 3. The van der Waals surface area contributed by atoms with Crippen LogP contribution in [0.5, 0.6) is 0 Å². The number of carbonyl (C=O) groups is 1. The number of aromatic nitrogens is 1. The van der Waals surface area contributed by atoms with Gasteiger partial charge in [0.25, 0.3) is 0 Å². The summed E-state index contributed by atoms with van der Waals surface area (Å²) in [6.45, 7) is -0.0373. The fourth-order valence-electron chi connectivity index (χ4n) is 2.79. The molecule has 2 aromatic carbocycles. The Bertz CT molecular complexity index is 1210. The number of ether oxygens (including phenoxy) is 1. The summed E-state index contributed by atoms with van der Waals surface area (Å²) in [6, 6.07) is 14.2. The molecule has 7 heteroatoms. The van der Waals surface area contributed by atoms with Crippen molar-refractivity contribution in [3.05, 3.63) is 79.2 Å². The monoisotopic (exact) mass is 475 g/mol. The van der Waals surface area contributed by atoms with Crippen LogP contribution >= 0.6 is 31.9 Å². The van der Waals surface area contributed by atoms with Gasteiger partial charge in [0.15, 0.2) is 0 Å². The third-order valence-electron chi connectivity index (χ3n) is 4.00. The van der Waals surface area contributed by atoms with Gasteiger partial charge in [0.1, 0.15) is 17.9 Å². The Hall–Kier alpha value is -2.38. The van der Waals surface area contributed by atoms with E-state index in [1.54, 1.807) is 6.07 Å². The van der Waals surface area contributed by atoms with E-state index in [1.807, 2.05) is 36.4 Å². The number of para-hydroxylation sites is 1. The first-order chi connectivity index (χ1) is 12.5. The Kier molecular flexibility index (Phi) is 4.42. The fraction of sp³-hybridized carbons (Fsp3) is 0.0526. The highest BCUT2D eigenvalue weighted by Crippen LogP contribution is 2.28. The first-order valence-electron chi connectivity index (χ1n) is 7.68. The molecule has 130 valence electrons. The van der Waals surface area contributed by atoms with Crippen LogP contribution in [0.1, 0.15) is 16.1 Å². The molecule has 0 radical (unpaired) electrons. The van der Waals surface area contributed by atoms with Crippen LogP contribution in [0, 0.1) is 0 Å². The molecule has 0 saturated carbocycles. The van der Waals surface area contributed by atoms with Crippen molar-refractivity contribution in [2.75, 3.05) is 0 Å². The number of benzene rings is 2. The molecule has 26 heavy (non-hydrogen) atoms. The molecule has 0 atom stereocenters. The summed E-state index contributed by atoms with van der Waals surface area (Å²) in [6.07, 6.45) is 0. The van der Waals surface area contributed by atoms with E-state index in [4.69, 9.17) is 9.15 Å². The number of esters is 1. The van der Waals surface area contributed by atoms with Crippen molar-refractivity contribution < 1.29 is 13.9 Å². The van der Waals surface area contributed by atoms with Gasteiger partial charge in [-0.25, -0.2) is 9.59 Å². The van der Waals surface area contributed by atoms with Crippen LogP contribution in [0.15, 0.2) is 66.7 Å². The molecule has 0 aliphatic carbocycles. The molecule has 2 aromatic heterocycles. The normalized spacial score (nSPS) is 11.2. The second kappa shape index (κ2) is 6.74. The van der Waals surface area contributed by atoms with Crippen molar-refractivity contribution in [2.45, 2.75) is 6.61 Å². The number of fused-ring (bicyclic) bond motifs is 2. The summed E-state index contributed by atoms with van der Waals surface area (Å²) in [5.41, 5.74) is 1.70. The standard InChI is InChI=1S/C19H11Br2NO4/c20-11-5-6-12-10(7-16(23)26-15(12)8-11)9-25-19(24)18-17(21)13-3-1-2-4-14(13)22-18/h1-8,22H,9H2. The van der Waals surface area contributed by atoms with E-state index in [0.717, 1.165) is 20.8 Å². The van der Waals surface area contributed by atoms with E-state index >= 15 is 0 Å². The summed E-state index contributed by atoms with van der Waals surface area (Å²) in [5.74, 6) is -0.508. The molecule has 0 unspecified atom stereocenters. The Morgan fingerprint density at radius 3 is 2.69 bits per heavy atom. The lowest BCUT2D eigenvalue weighted by atomic mass is 10.1. The SMILES string of the molecule is O=C(OCc1cc(=O)oc2cc(Br)ccc12)c1[nH]c2ccccc2c1Br. The predicted octanol–water partition coefficient (Wildman–Crippen LogP) is 5.16. The topological polar surface area (TPSA) is 72.3 Å². The summed E-state index contributed by atoms with van der Waals surface area (Å²) in [7, 11) is 0. The van der Waals surface area contributed by atoms with Crippen molar-refractivity contribution in [3.8, 4) is 0 Å². The van der Waals surface area contributed by atoms with Crippen LogP contribution < -0.4 is 5.63 Å². The smallest absolute Gasteiger partial charge is 0.356 e. The summed E-state index contributed by atoms with van der Waals surface area (Å²) in [5, 5.41) is 1.62. The number of halogens is 2. The molecule has 0 spiro atoms. The van der Waals surface area contributed by atoms with Crippen LogP contribution in [-0.2, 0) is 11.3 Å². The van der Waals surface area contributed by atoms with Gasteiger partial charge < -0.3 is 14.1 Å². The van der Waals surface area contributed by atoms with Crippen molar-refractivity contribution in [1.29, 1.82) is 0 Å². The van der Waals surface area contributed by atoms with Crippen LogP contribution in [0.4, 0.5) is 0 Å². The lowest BCUT2D eigenvalue weighted by Crippen LogP contribution is -2.08. The molecule has 1 N–H and O–H groups in total. The third-order valence-corrected chi connectivity index (χ3v) is 5.31. The second-order valence-corrected chi connectivity index (χ2v) is 7.38. The van der Waals surface area contributed by atoms with Crippen LogP contribution in [0.2, 0.25) is 0 Å². The van der Waals surface area contributed by atoms with E-state index < -0.39 is 11.6 Å². The minimum atomic E-state index is -0.508. The Balaban J connectivity index is 1.64. The number of H-pyrrole nitrogens is 1. The molecule has 2 heterocycles. The van der Waals surface area contributed by atoms with E-state index in [0.29, 0.717) is 21.3 Å². The molecular formula is C19H11Br2NO4. The molecule has 0 bridgehead atoms. The van der Waals surface area contributed by atoms with Gasteiger partial charge in [-0.1, -0.05) is 34.1 Å². The zero-order valence-electron chi connectivity index (χ0n) is 13.2. The summed E-state index contributed by atoms with van der Waals surface area (Å²) in [4.78, 5) is 27.3. The van der Waals surface area contributed by atoms with Crippen molar-refractivity contribution in [3.63, 3.8) is 0 Å². The first-order valence-corrected chi connectivity index (χ1v) is 9.27. The molecule has 5 nitrogen and oxygen atoms in total. The lowest BCUT2D eigenvalue weighted by Gasteiger charge is -2.07. The first kappa shape index (κ1) is 17.1. The number of carbonyl (C=O) groups excluding carboxylic acids is 1. The van der Waals surface area contributed by atoms with Gasteiger partial charge in [-0.15, -0.1) is 0 Å². The zero-order chi connectivity index (χ0) is 18.3. The minimum Gasteiger partial charge on any atom is -0.456 e. The van der Waals surface area contributed by atoms with E-state index in [-0.39, 0.29) is 6.61 Å². The number of hydrogen-bond donors (Lipinski definition) is 1. The van der Waals surface area contributed by atoms with Gasteiger partial charge in [-0.3, -0.25) is 0 Å². The molecule has 4 aromatic rings. The molecule has 0 aliphatic rings. The molecule has 0 aliphatic heterocycles. The largest absolute Gasteiger partial charge is 0.456 e. The minimum absolute atomic E-state index is 0.0373. The Morgan fingerprint density at radius 2 is 1.88 bits per heavy atom. The lowest BCUT2D eigenvalue weighted by molar-refractivity contribution is 0.0467. The van der Waals surface area contributed by atoms with E-state index in [9.17, 15) is 9.59 Å². The van der Waals surface area contributed by atoms with E-state index in [1.165, 1.54) is 6.07 Å². The molecule has 0 amide bonds. The summed E-state index contributed by atoms with van der Waals surface area (Å²) < 4.78 is 12.1. The van der Waals surface area contributed by atoms with Gasteiger partial charge in [-0.05, 0) is 40.2 Å². The maximum atomic E-state index is 12.5. The van der Waals surface area contributed by atoms with Gasteiger partial charge in [-0.2, -0.15) is 0 Å². The number of nitrogens with one attached hydrogen (secondary N) is 1. The van der Waals surface area contributed by atoms with Crippen LogP contribution in [0.25, 0.3) is 21.9 Å². The highest BCUT2D eigenvalue weighted by Gasteiger charge is 2.18. The van der Waals surface area contributed by atoms with Crippen molar-refractivity contribution in [1.82, 2.24) is 4.98 Å². The maximum Gasteiger partial charge on any atom is 0.356 e. The molecular weight excluding hydrogens is 466 g/mol. The molecule has 4 rings (SSSR count). The van der Waals surface area contributed by atoms with Gasteiger partial charge in [0.2, 0.25) is 0 Å². The average Bonchev–Trinajstić information content (AvgIpc) is 2.96. The van der Waals surface area contributed by atoms with Gasteiger partial charge in [0, 0.05) is 32.4 Å². The average molecular weight is 477 g/mol. The predicted molar refractivity (Wildman–Crippen MR) is 105 cm³/mol. The Morgan fingerprint density at radius 1 is 1.08 bits per heavy atom. The van der Waals surface area contributed by atoms with Crippen LogP contribution in [0.3, 0.4) is 0 Å². The van der Waals surface area contributed by atoms with Gasteiger partial charge >= 0.3 is 11.6 Å². The van der Waals surface area contributed by atoms with Crippen LogP contribution in [-0.4, -0.2) is 11.0 Å². The molecule has 0 fully saturated rings. The number of aromatic amines is 1. The number of hydrogen-bond acceptors (Lipinski definition) is 4. The second-order valence-electron chi connectivity index (χ2n) is 5.67. The van der Waals surface area contributed by atoms with Crippen molar-refractivity contribution in [2.24, 2.45) is 0 Å². The van der Waals surface area contributed by atoms with Crippen molar-refractivity contribution >= 4 is 59.7 Å². The highest BCUT2D eigenvalue weighted by molar-refractivity contribution is 9.11. The Labute approximate surface area is 164 Å².